The lowest BCUT2D eigenvalue weighted by Gasteiger charge is -2.32. The van der Waals surface area contributed by atoms with Gasteiger partial charge in [0.25, 0.3) is 0 Å². The Bertz CT molecular complexity index is 978. The van der Waals surface area contributed by atoms with Crippen molar-refractivity contribution in [1.82, 2.24) is 15.1 Å². The molecule has 2 fully saturated rings. The number of benzene rings is 2. The van der Waals surface area contributed by atoms with Gasteiger partial charge in [-0.2, -0.15) is 0 Å². The molecule has 4 rings (SSSR count). The fourth-order valence-corrected chi connectivity index (χ4v) is 5.74. The van der Waals surface area contributed by atoms with E-state index >= 15 is 0 Å². The Kier molecular flexibility index (Phi) is 9.82. The molecule has 0 spiro atoms. The van der Waals surface area contributed by atoms with Gasteiger partial charge in [0, 0.05) is 45.3 Å². The number of hydrogen-bond donors (Lipinski definition) is 2. The molecule has 2 aliphatic rings. The maximum Gasteiger partial charge on any atom is 0.237 e. The highest BCUT2D eigenvalue weighted by Gasteiger charge is 2.26. The van der Waals surface area contributed by atoms with Crippen LogP contribution in [-0.4, -0.2) is 60.1 Å². The lowest BCUT2D eigenvalue weighted by atomic mass is 10.0. The van der Waals surface area contributed by atoms with Crippen LogP contribution in [0.1, 0.15) is 50.7 Å². The second-order valence-corrected chi connectivity index (χ2v) is 11.7. The van der Waals surface area contributed by atoms with Gasteiger partial charge in [-0.15, -0.1) is 0 Å². The molecule has 0 aliphatic carbocycles. The molecule has 2 saturated heterocycles. The number of carbonyl (C=O) groups is 1. The number of piperidine rings is 1. The van der Waals surface area contributed by atoms with Gasteiger partial charge in [0.1, 0.15) is 11.9 Å². The summed E-state index contributed by atoms with van der Waals surface area (Å²) in [5.74, 6) is 1.32. The molecule has 2 aromatic carbocycles. The van der Waals surface area contributed by atoms with Crippen molar-refractivity contribution in [2.75, 3.05) is 26.2 Å². The van der Waals surface area contributed by atoms with E-state index in [1.54, 1.807) is 0 Å². The van der Waals surface area contributed by atoms with E-state index in [2.05, 4.69) is 93.4 Å². The van der Waals surface area contributed by atoms with Crippen molar-refractivity contribution < 1.29 is 9.53 Å². The highest BCUT2D eigenvalue weighted by atomic mass is 79.9. The zero-order chi connectivity index (χ0) is 25.5. The van der Waals surface area contributed by atoms with Crippen molar-refractivity contribution in [3.8, 4) is 5.75 Å². The molecule has 7 heteroatoms. The van der Waals surface area contributed by atoms with Crippen molar-refractivity contribution in [1.29, 1.82) is 0 Å². The Morgan fingerprint density at radius 2 is 1.72 bits per heavy atom. The summed E-state index contributed by atoms with van der Waals surface area (Å²) >= 11 is 3.73. The molecule has 6 nitrogen and oxygen atoms in total. The minimum atomic E-state index is -0.418. The fourth-order valence-electron chi connectivity index (χ4n) is 5.22. The topological polar surface area (TPSA) is 70.8 Å². The Hall–Kier alpha value is -1.93. The van der Waals surface area contributed by atoms with Gasteiger partial charge in [-0.25, -0.2) is 0 Å². The van der Waals surface area contributed by atoms with Crippen molar-refractivity contribution in [3.63, 3.8) is 0 Å². The van der Waals surface area contributed by atoms with Crippen LogP contribution >= 0.6 is 15.9 Å². The third-order valence-corrected chi connectivity index (χ3v) is 7.78. The van der Waals surface area contributed by atoms with Crippen LogP contribution in [0.3, 0.4) is 0 Å². The van der Waals surface area contributed by atoms with Crippen LogP contribution in [0.15, 0.2) is 53.0 Å². The van der Waals surface area contributed by atoms with E-state index in [-0.39, 0.29) is 18.1 Å². The normalized spacial score (nSPS) is 20.5. The minimum Gasteiger partial charge on any atom is -0.489 e. The van der Waals surface area contributed by atoms with E-state index in [0.717, 1.165) is 75.2 Å². The predicted molar refractivity (Wildman–Crippen MR) is 149 cm³/mol. The number of nitrogens with one attached hydrogen (secondary N) is 1. The van der Waals surface area contributed by atoms with Gasteiger partial charge in [0.2, 0.25) is 5.91 Å². The summed E-state index contributed by atoms with van der Waals surface area (Å²) in [7, 11) is 0. The van der Waals surface area contributed by atoms with E-state index in [0.29, 0.717) is 5.92 Å². The molecule has 2 aliphatic heterocycles. The number of carbonyl (C=O) groups excluding carboxylic acids is 1. The van der Waals surface area contributed by atoms with Crippen molar-refractivity contribution in [2.24, 2.45) is 11.7 Å². The van der Waals surface area contributed by atoms with Crippen LogP contribution in [0, 0.1) is 5.92 Å². The molecule has 0 radical (unpaired) electrons. The van der Waals surface area contributed by atoms with Crippen LogP contribution in [0.5, 0.6) is 5.75 Å². The first-order chi connectivity index (χ1) is 17.4. The van der Waals surface area contributed by atoms with Crippen LogP contribution < -0.4 is 15.8 Å². The number of ether oxygens (including phenoxy) is 1. The van der Waals surface area contributed by atoms with E-state index in [9.17, 15) is 4.79 Å². The summed E-state index contributed by atoms with van der Waals surface area (Å²) < 4.78 is 7.38. The summed E-state index contributed by atoms with van der Waals surface area (Å²) in [5, 5.41) is 3.14. The molecule has 36 heavy (non-hydrogen) atoms. The van der Waals surface area contributed by atoms with Crippen molar-refractivity contribution in [3.05, 3.63) is 64.1 Å². The highest BCUT2D eigenvalue weighted by molar-refractivity contribution is 9.10. The zero-order valence-electron chi connectivity index (χ0n) is 21.7. The average molecular weight is 558 g/mol. The number of rotatable bonds is 10. The largest absolute Gasteiger partial charge is 0.489 e. The van der Waals surface area contributed by atoms with Crippen LogP contribution in [0.25, 0.3) is 0 Å². The number of likely N-dealkylation sites (tertiary alicyclic amines) is 2. The monoisotopic (exact) mass is 556 g/mol. The quantitative estimate of drug-likeness (QED) is 0.449. The standard InChI is InChI=1S/C29H41BrN4O2/c1-21(2)16-27(31)29(35)32-24-10-13-34(20-24)19-23-8-9-28(26(30)17-23)36-25-11-14-33(15-12-25)18-22-6-4-3-5-7-22/h3-9,17,21,24-25,27H,10-16,18-20,31H2,1-2H3,(H,32,35)/t24-,27-/m0/s1. The molecule has 0 unspecified atom stereocenters. The lowest BCUT2D eigenvalue weighted by Crippen LogP contribution is -2.46. The molecular weight excluding hydrogens is 516 g/mol. The molecule has 2 heterocycles. The van der Waals surface area contributed by atoms with E-state index in [1.807, 2.05) is 0 Å². The second-order valence-electron chi connectivity index (χ2n) is 10.8. The first-order valence-electron chi connectivity index (χ1n) is 13.4. The molecular formula is C29H41BrN4O2. The van der Waals surface area contributed by atoms with Gasteiger partial charge in [-0.05, 0) is 70.8 Å². The molecule has 2 atom stereocenters. The van der Waals surface area contributed by atoms with Gasteiger partial charge in [0.05, 0.1) is 10.5 Å². The van der Waals surface area contributed by atoms with Crippen molar-refractivity contribution >= 4 is 21.8 Å². The zero-order valence-corrected chi connectivity index (χ0v) is 23.3. The van der Waals surface area contributed by atoms with E-state index in [1.165, 1.54) is 11.1 Å². The number of hydrogen-bond acceptors (Lipinski definition) is 5. The van der Waals surface area contributed by atoms with Crippen LogP contribution in [0.2, 0.25) is 0 Å². The smallest absolute Gasteiger partial charge is 0.237 e. The molecule has 3 N–H and O–H groups in total. The minimum absolute atomic E-state index is 0.0225. The Balaban J connectivity index is 1.20. The average Bonchev–Trinajstić information content (AvgIpc) is 3.28. The van der Waals surface area contributed by atoms with Crippen LogP contribution in [-0.2, 0) is 17.9 Å². The van der Waals surface area contributed by atoms with Gasteiger partial charge < -0.3 is 15.8 Å². The molecule has 0 saturated carbocycles. The molecule has 196 valence electrons. The summed E-state index contributed by atoms with van der Waals surface area (Å²) in [6.07, 6.45) is 4.03. The van der Waals surface area contributed by atoms with Crippen LogP contribution in [0.4, 0.5) is 0 Å². The maximum absolute atomic E-state index is 12.4. The Morgan fingerprint density at radius 1 is 1.03 bits per heavy atom. The van der Waals surface area contributed by atoms with Gasteiger partial charge in [-0.1, -0.05) is 50.2 Å². The fraction of sp³-hybridized carbons (Fsp3) is 0.552. The van der Waals surface area contributed by atoms with Gasteiger partial charge in [0.15, 0.2) is 0 Å². The Labute approximate surface area is 224 Å². The summed E-state index contributed by atoms with van der Waals surface area (Å²) in [5.41, 5.74) is 8.66. The summed E-state index contributed by atoms with van der Waals surface area (Å²) in [6.45, 7) is 10.0. The third kappa shape index (κ3) is 8.04. The summed E-state index contributed by atoms with van der Waals surface area (Å²) in [4.78, 5) is 17.3. The summed E-state index contributed by atoms with van der Waals surface area (Å²) in [6, 6.07) is 16.9. The van der Waals surface area contributed by atoms with Gasteiger partial charge >= 0.3 is 0 Å². The SMILES string of the molecule is CC(C)C[C@H](N)C(=O)N[C@H]1CCN(Cc2ccc(OC3CCN(Cc4ccccc4)CC3)c(Br)c2)C1. The molecule has 1 amide bonds. The molecule has 2 aromatic rings. The highest BCUT2D eigenvalue weighted by Crippen LogP contribution is 2.30. The van der Waals surface area contributed by atoms with E-state index in [4.69, 9.17) is 10.5 Å². The van der Waals surface area contributed by atoms with E-state index < -0.39 is 6.04 Å². The molecule has 0 aromatic heterocycles. The number of nitrogens with zero attached hydrogens (tertiary/aromatic N) is 2. The van der Waals surface area contributed by atoms with Gasteiger partial charge in [-0.3, -0.25) is 14.6 Å². The Morgan fingerprint density at radius 3 is 2.42 bits per heavy atom. The number of amides is 1. The first-order valence-corrected chi connectivity index (χ1v) is 14.1. The third-order valence-electron chi connectivity index (χ3n) is 7.16. The number of halogens is 1. The second kappa shape index (κ2) is 13.0. The first kappa shape index (κ1) is 27.1. The number of nitrogens with two attached hydrogens (primary N) is 1. The maximum atomic E-state index is 12.4. The lowest BCUT2D eigenvalue weighted by molar-refractivity contribution is -0.123. The van der Waals surface area contributed by atoms with Crippen molar-refractivity contribution in [2.45, 2.75) is 70.8 Å². The predicted octanol–water partition coefficient (Wildman–Crippen LogP) is 4.56. The molecule has 0 bridgehead atoms.